The molecule has 3 rings (SSSR count). The molecule has 1 aromatic rings. The number of likely N-dealkylation sites (tertiary alicyclic amines) is 1. The lowest BCUT2D eigenvalue weighted by Gasteiger charge is -2.41. The second kappa shape index (κ2) is 7.50. The maximum absolute atomic E-state index is 12.9. The van der Waals surface area contributed by atoms with E-state index in [2.05, 4.69) is 16.8 Å². The van der Waals surface area contributed by atoms with E-state index in [4.69, 9.17) is 0 Å². The summed E-state index contributed by atoms with van der Waals surface area (Å²) in [5.41, 5.74) is -0.828. The molecule has 25 heavy (non-hydrogen) atoms. The van der Waals surface area contributed by atoms with Crippen LogP contribution in [0.5, 0.6) is 0 Å². The number of pyridine rings is 1. The number of nitrogens with zero attached hydrogens (tertiary/aromatic N) is 3. The molecule has 140 valence electrons. The summed E-state index contributed by atoms with van der Waals surface area (Å²) >= 11 is 0. The van der Waals surface area contributed by atoms with Gasteiger partial charge in [0.1, 0.15) is 11.5 Å². The topological polar surface area (TPSA) is 39.6 Å². The molecule has 2 aliphatic heterocycles. The Bertz CT molecular complexity index is 581. The maximum Gasteiger partial charge on any atom is 0.433 e. The van der Waals surface area contributed by atoms with E-state index in [-0.39, 0.29) is 6.10 Å². The molecule has 7 heteroatoms. The van der Waals surface area contributed by atoms with Gasteiger partial charge in [0, 0.05) is 32.2 Å². The van der Waals surface area contributed by atoms with Crippen molar-refractivity contribution in [2.24, 2.45) is 5.92 Å². The monoisotopic (exact) mass is 357 g/mol. The minimum atomic E-state index is -4.41. The largest absolute Gasteiger partial charge is 0.433 e. The van der Waals surface area contributed by atoms with Gasteiger partial charge in [-0.3, -0.25) is 0 Å². The van der Waals surface area contributed by atoms with Gasteiger partial charge in [-0.2, -0.15) is 13.2 Å². The van der Waals surface area contributed by atoms with Crippen LogP contribution in [0.2, 0.25) is 0 Å². The van der Waals surface area contributed by atoms with Crippen molar-refractivity contribution in [3.05, 3.63) is 23.9 Å². The number of aliphatic hydroxyl groups excluding tert-OH is 1. The standard InChI is InChI=1S/C18H26F3N3O/c1-13-10-15(25)7-9-23(13)11-14-4-3-8-24(12-14)17-6-2-5-16(22-17)18(19,20)21/h2,5-6,13-15,25H,3-4,7-12H2,1H3. The highest BCUT2D eigenvalue weighted by Crippen LogP contribution is 2.30. The van der Waals surface area contributed by atoms with E-state index in [0.29, 0.717) is 17.8 Å². The Labute approximate surface area is 146 Å². The first-order valence-corrected chi connectivity index (χ1v) is 9.04. The Kier molecular flexibility index (Phi) is 5.53. The van der Waals surface area contributed by atoms with Gasteiger partial charge in [-0.1, -0.05) is 6.07 Å². The van der Waals surface area contributed by atoms with Crippen molar-refractivity contribution >= 4 is 5.82 Å². The van der Waals surface area contributed by atoms with Crippen LogP contribution in [-0.4, -0.2) is 53.3 Å². The molecule has 0 bridgehead atoms. The fourth-order valence-corrected chi connectivity index (χ4v) is 3.98. The van der Waals surface area contributed by atoms with Gasteiger partial charge >= 0.3 is 6.18 Å². The Morgan fingerprint density at radius 2 is 2.04 bits per heavy atom. The van der Waals surface area contributed by atoms with Crippen LogP contribution in [0.4, 0.5) is 19.0 Å². The van der Waals surface area contributed by atoms with Crippen molar-refractivity contribution < 1.29 is 18.3 Å². The van der Waals surface area contributed by atoms with Gasteiger partial charge in [-0.25, -0.2) is 4.98 Å². The third kappa shape index (κ3) is 4.64. The number of anilines is 1. The lowest BCUT2D eigenvalue weighted by atomic mass is 9.94. The predicted octanol–water partition coefficient (Wildman–Crippen LogP) is 3.16. The molecule has 0 spiro atoms. The fraction of sp³-hybridized carbons (Fsp3) is 0.722. The third-order valence-corrected chi connectivity index (χ3v) is 5.35. The van der Waals surface area contributed by atoms with Crippen LogP contribution in [-0.2, 0) is 6.18 Å². The van der Waals surface area contributed by atoms with Gasteiger partial charge in [0.25, 0.3) is 0 Å². The zero-order chi connectivity index (χ0) is 18.0. The summed E-state index contributed by atoms with van der Waals surface area (Å²) < 4.78 is 38.7. The fourth-order valence-electron chi connectivity index (χ4n) is 3.98. The van der Waals surface area contributed by atoms with Crippen molar-refractivity contribution in [2.75, 3.05) is 31.1 Å². The zero-order valence-electron chi connectivity index (χ0n) is 14.5. The van der Waals surface area contributed by atoms with Gasteiger partial charge in [-0.15, -0.1) is 0 Å². The molecule has 4 nitrogen and oxygen atoms in total. The quantitative estimate of drug-likeness (QED) is 0.902. The van der Waals surface area contributed by atoms with E-state index in [1.165, 1.54) is 6.07 Å². The van der Waals surface area contributed by atoms with Gasteiger partial charge in [-0.05, 0) is 50.7 Å². The van der Waals surface area contributed by atoms with E-state index in [1.807, 2.05) is 4.90 Å². The summed E-state index contributed by atoms with van der Waals surface area (Å²) in [7, 11) is 0. The van der Waals surface area contributed by atoms with Crippen LogP contribution in [0.1, 0.15) is 38.3 Å². The molecule has 3 unspecified atom stereocenters. The highest BCUT2D eigenvalue weighted by Gasteiger charge is 2.33. The molecular formula is C18H26F3N3O. The van der Waals surface area contributed by atoms with Crippen molar-refractivity contribution in [1.82, 2.24) is 9.88 Å². The second-order valence-corrected chi connectivity index (χ2v) is 7.36. The van der Waals surface area contributed by atoms with E-state index in [1.54, 1.807) is 6.07 Å². The number of halogens is 3. The third-order valence-electron chi connectivity index (χ3n) is 5.35. The normalized spacial score (nSPS) is 29.0. The van der Waals surface area contributed by atoms with Crippen LogP contribution < -0.4 is 4.90 Å². The molecule has 2 saturated heterocycles. The first-order chi connectivity index (χ1) is 11.8. The molecule has 0 amide bonds. The number of aliphatic hydroxyl groups is 1. The van der Waals surface area contributed by atoms with Crippen LogP contribution in [0.25, 0.3) is 0 Å². The highest BCUT2D eigenvalue weighted by atomic mass is 19.4. The second-order valence-electron chi connectivity index (χ2n) is 7.36. The van der Waals surface area contributed by atoms with Gasteiger partial charge in [0.15, 0.2) is 0 Å². The molecule has 0 aromatic carbocycles. The molecule has 1 N–H and O–H groups in total. The highest BCUT2D eigenvalue weighted by molar-refractivity contribution is 5.40. The number of rotatable bonds is 3. The average molecular weight is 357 g/mol. The van der Waals surface area contributed by atoms with E-state index in [0.717, 1.165) is 57.9 Å². The summed E-state index contributed by atoms with van der Waals surface area (Å²) in [6.45, 7) is 5.44. The zero-order valence-corrected chi connectivity index (χ0v) is 14.5. The smallest absolute Gasteiger partial charge is 0.393 e. The summed E-state index contributed by atoms with van der Waals surface area (Å²) in [5, 5.41) is 9.75. The molecule has 0 saturated carbocycles. The molecule has 3 heterocycles. The molecule has 0 radical (unpaired) electrons. The molecule has 0 aliphatic carbocycles. The van der Waals surface area contributed by atoms with Crippen LogP contribution in [0, 0.1) is 5.92 Å². The van der Waals surface area contributed by atoms with Crippen molar-refractivity contribution in [3.63, 3.8) is 0 Å². The Hall–Kier alpha value is -1.34. The molecule has 2 aliphatic rings. The van der Waals surface area contributed by atoms with Gasteiger partial charge in [0.2, 0.25) is 0 Å². The summed E-state index contributed by atoms with van der Waals surface area (Å²) in [5.74, 6) is 0.837. The SMILES string of the molecule is CC1CC(O)CCN1CC1CCCN(c2cccc(C(F)(F)F)n2)C1. The Morgan fingerprint density at radius 1 is 1.24 bits per heavy atom. The first kappa shape index (κ1) is 18.5. The summed E-state index contributed by atoms with van der Waals surface area (Å²) in [4.78, 5) is 8.21. The number of aromatic nitrogens is 1. The molecular weight excluding hydrogens is 331 g/mol. The van der Waals surface area contributed by atoms with Gasteiger partial charge < -0.3 is 14.9 Å². The number of alkyl halides is 3. The van der Waals surface area contributed by atoms with Crippen LogP contribution >= 0.6 is 0 Å². The summed E-state index contributed by atoms with van der Waals surface area (Å²) in [6.07, 6.45) is -0.964. The number of hydrogen-bond acceptors (Lipinski definition) is 4. The molecule has 1 aromatic heterocycles. The average Bonchev–Trinajstić information content (AvgIpc) is 2.57. The first-order valence-electron chi connectivity index (χ1n) is 9.04. The predicted molar refractivity (Wildman–Crippen MR) is 90.5 cm³/mol. The number of hydrogen-bond donors (Lipinski definition) is 1. The van der Waals surface area contributed by atoms with E-state index >= 15 is 0 Å². The van der Waals surface area contributed by atoms with Crippen molar-refractivity contribution in [2.45, 2.75) is 50.9 Å². The minimum Gasteiger partial charge on any atom is -0.393 e. The van der Waals surface area contributed by atoms with Gasteiger partial charge in [0.05, 0.1) is 6.10 Å². The summed E-state index contributed by atoms with van der Waals surface area (Å²) in [6, 6.07) is 4.47. The van der Waals surface area contributed by atoms with Crippen molar-refractivity contribution in [3.8, 4) is 0 Å². The van der Waals surface area contributed by atoms with E-state index in [9.17, 15) is 18.3 Å². The Morgan fingerprint density at radius 3 is 2.76 bits per heavy atom. The lowest BCUT2D eigenvalue weighted by molar-refractivity contribution is -0.141. The van der Waals surface area contributed by atoms with Crippen LogP contribution in [0.3, 0.4) is 0 Å². The molecule has 3 atom stereocenters. The minimum absolute atomic E-state index is 0.205. The maximum atomic E-state index is 12.9. The molecule has 2 fully saturated rings. The van der Waals surface area contributed by atoms with E-state index < -0.39 is 11.9 Å². The Balaban J connectivity index is 1.63. The lowest BCUT2D eigenvalue weighted by Crippen LogP contribution is -2.48. The van der Waals surface area contributed by atoms with Crippen molar-refractivity contribution in [1.29, 1.82) is 0 Å². The van der Waals surface area contributed by atoms with Crippen LogP contribution in [0.15, 0.2) is 18.2 Å². The number of piperidine rings is 2.